The molecular formula is C16H16ClNO. The number of halogens is 1. The summed E-state index contributed by atoms with van der Waals surface area (Å²) >= 11 is 6.03. The van der Waals surface area contributed by atoms with E-state index < -0.39 is 0 Å². The second kappa shape index (κ2) is 6.39. The minimum Gasteiger partial charge on any atom is -0.374 e. The predicted octanol–water partition coefficient (Wildman–Crippen LogP) is 3.83. The highest BCUT2D eigenvalue weighted by Gasteiger charge is 2.05. The van der Waals surface area contributed by atoms with Crippen LogP contribution < -0.4 is 4.90 Å². The number of rotatable bonds is 5. The molecule has 2 aromatic rings. The van der Waals surface area contributed by atoms with Crippen LogP contribution in [0, 0.1) is 0 Å². The number of hydrogen-bond acceptors (Lipinski definition) is 2. The molecule has 0 fully saturated rings. The van der Waals surface area contributed by atoms with Crippen molar-refractivity contribution in [3.8, 4) is 0 Å². The molecule has 0 amide bonds. The second-order valence-corrected chi connectivity index (χ2v) is 4.89. The van der Waals surface area contributed by atoms with Gasteiger partial charge in [0.05, 0.1) is 5.02 Å². The Morgan fingerprint density at radius 3 is 2.53 bits per heavy atom. The fourth-order valence-corrected chi connectivity index (χ4v) is 2.14. The van der Waals surface area contributed by atoms with E-state index >= 15 is 0 Å². The number of benzene rings is 2. The first kappa shape index (κ1) is 13.6. The van der Waals surface area contributed by atoms with Gasteiger partial charge in [0.2, 0.25) is 0 Å². The van der Waals surface area contributed by atoms with Gasteiger partial charge < -0.3 is 4.90 Å². The number of hydrogen-bond donors (Lipinski definition) is 0. The van der Waals surface area contributed by atoms with Crippen molar-refractivity contribution in [2.24, 2.45) is 0 Å². The molecule has 0 aliphatic heterocycles. The third kappa shape index (κ3) is 3.58. The van der Waals surface area contributed by atoms with Crippen molar-refractivity contribution in [3.63, 3.8) is 0 Å². The molecule has 0 atom stereocenters. The lowest BCUT2D eigenvalue weighted by atomic mass is 10.1. The van der Waals surface area contributed by atoms with E-state index in [1.54, 1.807) is 6.07 Å². The quantitative estimate of drug-likeness (QED) is 0.772. The molecule has 3 heteroatoms. The average Bonchev–Trinajstić information content (AvgIpc) is 2.45. The Bertz CT molecular complexity index is 554. The molecule has 0 bridgehead atoms. The summed E-state index contributed by atoms with van der Waals surface area (Å²) in [5.41, 5.74) is 2.86. The molecule has 0 aliphatic rings. The Balaban J connectivity index is 2.02. The van der Waals surface area contributed by atoms with Gasteiger partial charge in [-0.1, -0.05) is 41.9 Å². The van der Waals surface area contributed by atoms with Crippen LogP contribution >= 0.6 is 11.6 Å². The standard InChI is InChI=1S/C16H16ClNO/c1-18(10-9-13-5-3-2-4-6-13)15-8-7-14(12-19)16(17)11-15/h2-8,11-12H,9-10H2,1H3. The molecule has 0 saturated heterocycles. The summed E-state index contributed by atoms with van der Waals surface area (Å²) in [6.07, 6.45) is 1.75. The van der Waals surface area contributed by atoms with Crippen LogP contribution in [-0.2, 0) is 6.42 Å². The lowest BCUT2D eigenvalue weighted by Crippen LogP contribution is -2.20. The van der Waals surface area contributed by atoms with Gasteiger partial charge in [-0.25, -0.2) is 0 Å². The van der Waals surface area contributed by atoms with Gasteiger partial charge in [0.15, 0.2) is 6.29 Å². The van der Waals surface area contributed by atoms with E-state index in [2.05, 4.69) is 17.0 Å². The summed E-state index contributed by atoms with van der Waals surface area (Å²) in [5, 5.41) is 0.499. The van der Waals surface area contributed by atoms with E-state index in [0.29, 0.717) is 10.6 Å². The van der Waals surface area contributed by atoms with Crippen LogP contribution in [-0.4, -0.2) is 19.9 Å². The molecule has 98 valence electrons. The van der Waals surface area contributed by atoms with E-state index in [4.69, 9.17) is 11.6 Å². The van der Waals surface area contributed by atoms with Crippen molar-refractivity contribution in [3.05, 3.63) is 64.7 Å². The van der Waals surface area contributed by atoms with Crippen LogP contribution in [0.1, 0.15) is 15.9 Å². The zero-order chi connectivity index (χ0) is 13.7. The topological polar surface area (TPSA) is 20.3 Å². The molecule has 2 aromatic carbocycles. The van der Waals surface area contributed by atoms with E-state index in [9.17, 15) is 4.79 Å². The first-order valence-electron chi connectivity index (χ1n) is 6.20. The fraction of sp³-hybridized carbons (Fsp3) is 0.188. The Hall–Kier alpha value is -1.80. The van der Waals surface area contributed by atoms with E-state index in [-0.39, 0.29) is 0 Å². The maximum Gasteiger partial charge on any atom is 0.151 e. The van der Waals surface area contributed by atoms with Crippen molar-refractivity contribution < 1.29 is 4.79 Å². The number of anilines is 1. The van der Waals surface area contributed by atoms with Crippen molar-refractivity contribution >= 4 is 23.6 Å². The molecule has 0 spiro atoms. The minimum atomic E-state index is 0.499. The molecule has 0 aliphatic carbocycles. The van der Waals surface area contributed by atoms with Gasteiger partial charge in [0.1, 0.15) is 0 Å². The molecule has 0 heterocycles. The number of likely N-dealkylation sites (N-methyl/N-ethyl adjacent to an activating group) is 1. The molecule has 19 heavy (non-hydrogen) atoms. The molecule has 0 N–H and O–H groups in total. The van der Waals surface area contributed by atoms with Gasteiger partial charge in [-0.2, -0.15) is 0 Å². The predicted molar refractivity (Wildman–Crippen MR) is 80.3 cm³/mol. The smallest absolute Gasteiger partial charge is 0.151 e. The lowest BCUT2D eigenvalue weighted by molar-refractivity contribution is 0.112. The summed E-state index contributed by atoms with van der Waals surface area (Å²) < 4.78 is 0. The maximum absolute atomic E-state index is 10.7. The maximum atomic E-state index is 10.7. The van der Waals surface area contributed by atoms with Crippen molar-refractivity contribution in [2.45, 2.75) is 6.42 Å². The van der Waals surface area contributed by atoms with Crippen molar-refractivity contribution in [2.75, 3.05) is 18.5 Å². The van der Waals surface area contributed by atoms with E-state index in [0.717, 1.165) is 24.9 Å². The molecule has 0 radical (unpaired) electrons. The molecule has 0 unspecified atom stereocenters. The summed E-state index contributed by atoms with van der Waals surface area (Å²) in [7, 11) is 2.02. The zero-order valence-electron chi connectivity index (χ0n) is 10.8. The summed E-state index contributed by atoms with van der Waals surface area (Å²) in [4.78, 5) is 12.9. The van der Waals surface area contributed by atoms with Crippen molar-refractivity contribution in [1.82, 2.24) is 0 Å². The summed E-state index contributed by atoms with van der Waals surface area (Å²) in [6, 6.07) is 15.9. The monoisotopic (exact) mass is 273 g/mol. The lowest BCUT2D eigenvalue weighted by Gasteiger charge is -2.19. The van der Waals surface area contributed by atoms with Gasteiger partial charge in [-0.05, 0) is 30.2 Å². The van der Waals surface area contributed by atoms with Gasteiger partial charge in [0.25, 0.3) is 0 Å². The van der Waals surface area contributed by atoms with E-state index in [1.807, 2.05) is 37.4 Å². The summed E-state index contributed by atoms with van der Waals surface area (Å²) in [6.45, 7) is 0.904. The Morgan fingerprint density at radius 2 is 1.89 bits per heavy atom. The number of nitrogens with zero attached hydrogens (tertiary/aromatic N) is 1. The van der Waals surface area contributed by atoms with Crippen LogP contribution in [0.25, 0.3) is 0 Å². The number of aldehydes is 1. The first-order valence-corrected chi connectivity index (χ1v) is 6.58. The molecular weight excluding hydrogens is 258 g/mol. The van der Waals surface area contributed by atoms with Gasteiger partial charge in [0, 0.05) is 24.8 Å². The molecule has 2 nitrogen and oxygen atoms in total. The summed E-state index contributed by atoms with van der Waals surface area (Å²) in [5.74, 6) is 0. The SMILES string of the molecule is CN(CCc1ccccc1)c1ccc(C=O)c(Cl)c1. The van der Waals surface area contributed by atoms with Gasteiger partial charge in [-0.15, -0.1) is 0 Å². The number of carbonyl (C=O) groups is 1. The molecule has 0 aromatic heterocycles. The zero-order valence-corrected chi connectivity index (χ0v) is 11.6. The highest BCUT2D eigenvalue weighted by atomic mass is 35.5. The number of carbonyl (C=O) groups excluding carboxylic acids is 1. The van der Waals surface area contributed by atoms with Crippen LogP contribution in [0.15, 0.2) is 48.5 Å². The van der Waals surface area contributed by atoms with Crippen LogP contribution in [0.2, 0.25) is 5.02 Å². The largest absolute Gasteiger partial charge is 0.374 e. The van der Waals surface area contributed by atoms with Gasteiger partial charge >= 0.3 is 0 Å². The van der Waals surface area contributed by atoms with E-state index in [1.165, 1.54) is 5.56 Å². The Labute approximate surface area is 118 Å². The van der Waals surface area contributed by atoms with Crippen LogP contribution in [0.3, 0.4) is 0 Å². The third-order valence-corrected chi connectivity index (χ3v) is 3.46. The normalized spacial score (nSPS) is 10.2. The Morgan fingerprint density at radius 1 is 1.16 bits per heavy atom. The highest BCUT2D eigenvalue weighted by molar-refractivity contribution is 6.33. The molecule has 2 rings (SSSR count). The average molecular weight is 274 g/mol. The van der Waals surface area contributed by atoms with Crippen LogP contribution in [0.4, 0.5) is 5.69 Å². The highest BCUT2D eigenvalue weighted by Crippen LogP contribution is 2.22. The molecule has 0 saturated carbocycles. The minimum absolute atomic E-state index is 0.499. The third-order valence-electron chi connectivity index (χ3n) is 3.13. The second-order valence-electron chi connectivity index (χ2n) is 4.48. The van der Waals surface area contributed by atoms with Gasteiger partial charge in [-0.3, -0.25) is 4.79 Å². The Kier molecular flexibility index (Phi) is 4.58. The first-order chi connectivity index (χ1) is 9.20. The fourth-order valence-electron chi connectivity index (χ4n) is 1.92. The van der Waals surface area contributed by atoms with Crippen molar-refractivity contribution in [1.29, 1.82) is 0 Å². The van der Waals surface area contributed by atoms with Crippen LogP contribution in [0.5, 0.6) is 0 Å².